The van der Waals surface area contributed by atoms with Crippen LogP contribution in [-0.4, -0.2) is 74.5 Å². The maximum Gasteiger partial charge on any atom is 0.253 e. The molecule has 1 aromatic heterocycles. The van der Waals surface area contributed by atoms with E-state index in [1.54, 1.807) is 6.92 Å². The Morgan fingerprint density at radius 2 is 2.12 bits per heavy atom. The molecular formula is C15H22N5O3S+. The van der Waals surface area contributed by atoms with Crippen LogP contribution in [0.2, 0.25) is 0 Å². The van der Waals surface area contributed by atoms with Crippen molar-refractivity contribution in [2.45, 2.75) is 36.8 Å². The van der Waals surface area contributed by atoms with Crippen molar-refractivity contribution in [1.29, 1.82) is 0 Å². The molecule has 4 heterocycles. The molecule has 3 aliphatic heterocycles. The highest BCUT2D eigenvalue weighted by Crippen LogP contribution is 2.34. The van der Waals surface area contributed by atoms with Crippen LogP contribution in [0.15, 0.2) is 4.90 Å². The number of likely N-dealkylation sites (tertiary alicyclic amines) is 1. The number of aryl methyl sites for hydroxylation is 1. The van der Waals surface area contributed by atoms with Crippen LogP contribution in [0.3, 0.4) is 0 Å². The minimum Gasteiger partial charge on any atom is -0.389 e. The van der Waals surface area contributed by atoms with E-state index in [0.29, 0.717) is 37.2 Å². The van der Waals surface area contributed by atoms with Gasteiger partial charge in [-0.05, 0) is 6.42 Å². The lowest BCUT2D eigenvalue weighted by molar-refractivity contribution is -0.127. The number of nitrogens with one attached hydrogen (secondary N) is 1. The Bertz CT molecular complexity index is 667. The van der Waals surface area contributed by atoms with Crippen molar-refractivity contribution in [2.24, 2.45) is 0 Å². The Balaban J connectivity index is 1.58. The number of fused-ring (bicyclic) bond motifs is 1. The summed E-state index contributed by atoms with van der Waals surface area (Å²) in [4.78, 5) is 25.3. The molecule has 9 heteroatoms. The number of anilines is 2. The third kappa shape index (κ3) is 2.80. The number of rotatable bonds is 3. The van der Waals surface area contributed by atoms with Crippen molar-refractivity contribution in [3.63, 3.8) is 0 Å². The summed E-state index contributed by atoms with van der Waals surface area (Å²) in [6.07, 6.45) is 1.31. The Labute approximate surface area is 143 Å². The first kappa shape index (κ1) is 15.9. The van der Waals surface area contributed by atoms with Crippen LogP contribution in [0.25, 0.3) is 0 Å². The van der Waals surface area contributed by atoms with Crippen molar-refractivity contribution in [1.82, 2.24) is 14.9 Å². The Hall–Kier alpha value is -1.58. The van der Waals surface area contributed by atoms with Crippen LogP contribution in [0, 0.1) is 0 Å². The topological polar surface area (TPSA) is 102 Å². The molecule has 130 valence electrons. The summed E-state index contributed by atoms with van der Waals surface area (Å²) in [7, 11) is 0. The average Bonchev–Trinajstić information content (AvgIpc) is 3.11. The zero-order chi connectivity index (χ0) is 16.8. The molecule has 24 heavy (non-hydrogen) atoms. The summed E-state index contributed by atoms with van der Waals surface area (Å²) in [6.45, 7) is 4.08. The fraction of sp³-hybridized carbons (Fsp3) is 0.667. The quantitative estimate of drug-likeness (QED) is 0.642. The van der Waals surface area contributed by atoms with E-state index in [1.807, 2.05) is 9.80 Å². The number of aliphatic hydroxyl groups is 1. The van der Waals surface area contributed by atoms with E-state index >= 15 is 0 Å². The van der Waals surface area contributed by atoms with E-state index in [9.17, 15) is 14.5 Å². The molecule has 2 saturated heterocycles. The van der Waals surface area contributed by atoms with Crippen LogP contribution in [0.5, 0.6) is 0 Å². The molecule has 3 aliphatic rings. The van der Waals surface area contributed by atoms with Gasteiger partial charge in [0.2, 0.25) is 11.9 Å². The minimum atomic E-state index is -0.825. The van der Waals surface area contributed by atoms with Crippen molar-refractivity contribution in [3.8, 4) is 0 Å². The van der Waals surface area contributed by atoms with Gasteiger partial charge >= 0.3 is 0 Å². The number of aromatic nitrogens is 2. The third-order valence-electron chi connectivity index (χ3n) is 4.81. The lowest BCUT2D eigenvalue weighted by Crippen LogP contribution is -2.51. The van der Waals surface area contributed by atoms with Crippen molar-refractivity contribution < 1.29 is 14.5 Å². The fourth-order valence-corrected chi connectivity index (χ4v) is 4.75. The zero-order valence-electron chi connectivity index (χ0n) is 13.6. The second-order valence-electron chi connectivity index (χ2n) is 6.62. The highest BCUT2D eigenvalue weighted by atomic mass is 32.2. The average molecular weight is 352 g/mol. The van der Waals surface area contributed by atoms with E-state index in [2.05, 4.69) is 15.3 Å². The molecule has 2 fully saturated rings. The monoisotopic (exact) mass is 352 g/mol. The molecule has 1 unspecified atom stereocenters. The Morgan fingerprint density at radius 1 is 1.33 bits per heavy atom. The molecular weight excluding hydrogens is 330 g/mol. The number of β-amino-alcohol motifs (C(OH)–C–C–N with tert-alkyl or cyclic N) is 1. The SMILES string of the molecule is CC(=O)N1CC[C@@H](Nc2nc(N3CC(O)C3)nc3c2[S+](O)CC3)C1. The van der Waals surface area contributed by atoms with Gasteiger partial charge in [0.15, 0.2) is 22.7 Å². The van der Waals surface area contributed by atoms with Crippen molar-refractivity contribution in [3.05, 3.63) is 5.69 Å². The standard InChI is InChI=1S/C15H22N5O3S/c1-9(21)19-4-2-10(6-19)16-14-13-12(3-5-24(13)23)17-15(18-14)20-7-11(22)8-20/h10-11,22-23H,2-8H2,1H3,(H,16,17,18)/q+1/t10-,24?/m1/s1. The summed E-state index contributed by atoms with van der Waals surface area (Å²) < 4.78 is 10.3. The van der Waals surface area contributed by atoms with Gasteiger partial charge in [0.25, 0.3) is 4.90 Å². The van der Waals surface area contributed by atoms with Crippen molar-refractivity contribution >= 4 is 28.8 Å². The summed E-state index contributed by atoms with van der Waals surface area (Å²) in [6, 6.07) is 0.139. The number of nitrogens with zero attached hydrogens (tertiary/aromatic N) is 4. The van der Waals surface area contributed by atoms with Gasteiger partial charge in [-0.2, -0.15) is 9.54 Å². The Kier molecular flexibility index (Phi) is 4.01. The molecule has 0 saturated carbocycles. The number of carbonyl (C=O) groups is 1. The lowest BCUT2D eigenvalue weighted by Gasteiger charge is -2.36. The van der Waals surface area contributed by atoms with Crippen molar-refractivity contribution in [2.75, 3.05) is 42.1 Å². The highest BCUT2D eigenvalue weighted by Gasteiger charge is 2.40. The molecule has 3 N–H and O–H groups in total. The number of hydrogen-bond acceptors (Lipinski definition) is 7. The lowest BCUT2D eigenvalue weighted by atomic mass is 10.2. The van der Waals surface area contributed by atoms with Crippen LogP contribution < -0.4 is 10.2 Å². The normalized spacial score (nSPS) is 26.5. The smallest absolute Gasteiger partial charge is 0.253 e. The van der Waals surface area contributed by atoms with Crippen LogP contribution in [0.1, 0.15) is 19.0 Å². The minimum absolute atomic E-state index is 0.0874. The second-order valence-corrected chi connectivity index (χ2v) is 8.17. The van der Waals surface area contributed by atoms with E-state index < -0.39 is 11.2 Å². The van der Waals surface area contributed by atoms with Gasteiger partial charge in [-0.1, -0.05) is 0 Å². The van der Waals surface area contributed by atoms with Crippen LogP contribution in [-0.2, 0) is 22.4 Å². The fourth-order valence-electron chi connectivity index (χ4n) is 3.41. The second kappa shape index (κ2) is 6.05. The van der Waals surface area contributed by atoms with Gasteiger partial charge < -0.3 is 20.2 Å². The summed E-state index contributed by atoms with van der Waals surface area (Å²) >= 11 is -0.825. The van der Waals surface area contributed by atoms with Gasteiger partial charge in [-0.15, -0.1) is 0 Å². The van der Waals surface area contributed by atoms with E-state index in [4.69, 9.17) is 0 Å². The first-order valence-corrected chi connectivity index (χ1v) is 9.62. The van der Waals surface area contributed by atoms with Gasteiger partial charge in [0, 0.05) is 45.6 Å². The molecule has 0 spiro atoms. The molecule has 0 aliphatic carbocycles. The van der Waals surface area contributed by atoms with E-state index in [-0.39, 0.29) is 18.1 Å². The molecule has 1 amide bonds. The predicted molar refractivity (Wildman–Crippen MR) is 91.4 cm³/mol. The van der Waals surface area contributed by atoms with E-state index in [0.717, 1.165) is 30.0 Å². The van der Waals surface area contributed by atoms with Crippen LogP contribution >= 0.6 is 0 Å². The van der Waals surface area contributed by atoms with Gasteiger partial charge in [-0.3, -0.25) is 4.79 Å². The number of carbonyl (C=O) groups excluding carboxylic acids is 1. The first-order chi connectivity index (χ1) is 11.5. The Morgan fingerprint density at radius 3 is 2.79 bits per heavy atom. The molecule has 4 rings (SSSR count). The number of amides is 1. The maximum atomic E-state index is 11.5. The molecule has 0 aromatic carbocycles. The van der Waals surface area contributed by atoms with Gasteiger partial charge in [0.1, 0.15) is 5.69 Å². The number of aliphatic hydroxyl groups excluding tert-OH is 1. The molecule has 1 aromatic rings. The third-order valence-corrected chi connectivity index (χ3v) is 6.30. The molecule has 2 atom stereocenters. The van der Waals surface area contributed by atoms with Gasteiger partial charge in [-0.25, -0.2) is 4.98 Å². The number of hydrogen-bond donors (Lipinski definition) is 3. The maximum absolute atomic E-state index is 11.5. The zero-order valence-corrected chi connectivity index (χ0v) is 14.4. The summed E-state index contributed by atoms with van der Waals surface area (Å²) in [5.41, 5.74) is 0.899. The first-order valence-electron chi connectivity index (χ1n) is 8.27. The molecule has 8 nitrogen and oxygen atoms in total. The predicted octanol–water partition coefficient (Wildman–Crippen LogP) is -0.303. The van der Waals surface area contributed by atoms with Gasteiger partial charge in [0.05, 0.1) is 6.10 Å². The summed E-state index contributed by atoms with van der Waals surface area (Å²) in [5, 5.41) is 12.9. The molecule has 0 bridgehead atoms. The molecule has 0 radical (unpaired) electrons. The van der Waals surface area contributed by atoms with E-state index in [1.165, 1.54) is 0 Å². The largest absolute Gasteiger partial charge is 0.389 e. The summed E-state index contributed by atoms with van der Waals surface area (Å²) in [5.74, 6) is 2.08. The highest BCUT2D eigenvalue weighted by molar-refractivity contribution is 7.92. The van der Waals surface area contributed by atoms with Crippen LogP contribution in [0.4, 0.5) is 11.8 Å².